The van der Waals surface area contributed by atoms with E-state index in [9.17, 15) is 4.79 Å². The molecule has 5 nitrogen and oxygen atoms in total. The van der Waals surface area contributed by atoms with Crippen molar-refractivity contribution in [3.8, 4) is 5.75 Å². The summed E-state index contributed by atoms with van der Waals surface area (Å²) in [6.45, 7) is 0. The van der Waals surface area contributed by atoms with Crippen molar-refractivity contribution < 1.29 is 13.9 Å². The predicted molar refractivity (Wildman–Crippen MR) is 85.5 cm³/mol. The van der Waals surface area contributed by atoms with E-state index in [-0.39, 0.29) is 5.91 Å². The minimum Gasteiger partial charge on any atom is -0.497 e. The van der Waals surface area contributed by atoms with Gasteiger partial charge in [0.15, 0.2) is 0 Å². The summed E-state index contributed by atoms with van der Waals surface area (Å²) >= 11 is 1.65. The molecule has 0 saturated heterocycles. The second-order valence-corrected chi connectivity index (χ2v) is 5.49. The van der Waals surface area contributed by atoms with E-state index in [1.54, 1.807) is 43.3 Å². The summed E-state index contributed by atoms with van der Waals surface area (Å²) in [5.41, 5.74) is 6.95. The first-order chi connectivity index (χ1) is 10.2. The van der Waals surface area contributed by atoms with Crippen LogP contribution in [0.2, 0.25) is 0 Å². The van der Waals surface area contributed by atoms with E-state index >= 15 is 0 Å². The molecule has 0 saturated carbocycles. The fourth-order valence-electron chi connectivity index (χ4n) is 1.73. The zero-order valence-electron chi connectivity index (χ0n) is 11.8. The van der Waals surface area contributed by atoms with E-state index in [4.69, 9.17) is 14.9 Å². The van der Waals surface area contributed by atoms with Gasteiger partial charge in [0, 0.05) is 18.2 Å². The van der Waals surface area contributed by atoms with Crippen LogP contribution in [0.4, 0.5) is 11.4 Å². The molecular weight excluding hydrogens is 288 g/mol. The third-order valence-corrected chi connectivity index (χ3v) is 3.81. The Bertz CT molecular complexity index is 585. The third kappa shape index (κ3) is 4.75. The van der Waals surface area contributed by atoms with Crippen LogP contribution in [0.15, 0.2) is 41.0 Å². The summed E-state index contributed by atoms with van der Waals surface area (Å²) in [6.07, 6.45) is 2.08. The average Bonchev–Trinajstić information content (AvgIpc) is 2.99. The van der Waals surface area contributed by atoms with Gasteiger partial charge >= 0.3 is 0 Å². The lowest BCUT2D eigenvalue weighted by atomic mass is 10.2. The van der Waals surface area contributed by atoms with Crippen molar-refractivity contribution in [1.29, 1.82) is 0 Å². The largest absolute Gasteiger partial charge is 0.497 e. The molecule has 1 heterocycles. The molecule has 0 atom stereocenters. The van der Waals surface area contributed by atoms with Crippen molar-refractivity contribution in [2.24, 2.45) is 0 Å². The van der Waals surface area contributed by atoms with Crippen molar-refractivity contribution >= 4 is 29.0 Å². The number of methoxy groups -OCH3 is 1. The maximum atomic E-state index is 11.8. The van der Waals surface area contributed by atoms with Crippen molar-refractivity contribution in [1.82, 2.24) is 0 Å². The highest BCUT2D eigenvalue weighted by Gasteiger charge is 2.06. The van der Waals surface area contributed by atoms with Gasteiger partial charge in [0.2, 0.25) is 5.91 Å². The molecule has 1 amide bonds. The van der Waals surface area contributed by atoms with Gasteiger partial charge in [-0.25, -0.2) is 0 Å². The van der Waals surface area contributed by atoms with Crippen LogP contribution in [0.5, 0.6) is 5.75 Å². The molecule has 21 heavy (non-hydrogen) atoms. The molecule has 0 aliphatic carbocycles. The molecule has 0 aliphatic rings. The highest BCUT2D eigenvalue weighted by Crippen LogP contribution is 2.24. The average molecular weight is 306 g/mol. The number of nitrogen functional groups attached to an aromatic ring is 1. The number of nitrogens with two attached hydrogens (primary N) is 1. The van der Waals surface area contributed by atoms with Crippen LogP contribution in [0, 0.1) is 0 Å². The van der Waals surface area contributed by atoms with Crippen molar-refractivity contribution in [3.63, 3.8) is 0 Å². The molecule has 1 aromatic heterocycles. The number of benzene rings is 1. The molecule has 0 bridgehead atoms. The van der Waals surface area contributed by atoms with E-state index in [0.717, 1.165) is 17.3 Å². The Morgan fingerprint density at radius 2 is 2.29 bits per heavy atom. The summed E-state index contributed by atoms with van der Waals surface area (Å²) in [4.78, 5) is 11.8. The van der Waals surface area contributed by atoms with Crippen LogP contribution in [0.25, 0.3) is 0 Å². The Balaban J connectivity index is 1.74. The van der Waals surface area contributed by atoms with E-state index in [1.165, 1.54) is 0 Å². The highest BCUT2D eigenvalue weighted by molar-refractivity contribution is 7.98. The van der Waals surface area contributed by atoms with Crippen molar-refractivity contribution in [3.05, 3.63) is 42.4 Å². The van der Waals surface area contributed by atoms with Gasteiger partial charge in [0.05, 0.1) is 30.5 Å². The standard InChI is InChI=1S/C15H18N2O3S/c1-19-11-4-5-14(13(16)9-11)17-15(18)6-8-21-10-12-3-2-7-20-12/h2-5,7,9H,6,8,10,16H2,1H3,(H,17,18). The smallest absolute Gasteiger partial charge is 0.225 e. The molecule has 1 aromatic carbocycles. The van der Waals surface area contributed by atoms with Crippen LogP contribution in [0.3, 0.4) is 0 Å². The number of ether oxygens (including phenoxy) is 1. The topological polar surface area (TPSA) is 77.5 Å². The van der Waals surface area contributed by atoms with Crippen LogP contribution in [0.1, 0.15) is 12.2 Å². The van der Waals surface area contributed by atoms with Gasteiger partial charge in [-0.05, 0) is 24.3 Å². The lowest BCUT2D eigenvalue weighted by Gasteiger charge is -2.09. The number of hydrogen-bond donors (Lipinski definition) is 2. The molecule has 0 unspecified atom stereocenters. The minimum absolute atomic E-state index is 0.0567. The van der Waals surface area contributed by atoms with Gasteiger partial charge in [-0.15, -0.1) is 0 Å². The van der Waals surface area contributed by atoms with Gasteiger partial charge < -0.3 is 20.2 Å². The number of anilines is 2. The molecule has 0 spiro atoms. The number of carbonyl (C=O) groups excluding carboxylic acids is 1. The fourth-order valence-corrected chi connectivity index (χ4v) is 2.57. The first-order valence-corrected chi connectivity index (χ1v) is 7.68. The van der Waals surface area contributed by atoms with E-state index in [0.29, 0.717) is 23.5 Å². The first kappa shape index (κ1) is 15.3. The molecular formula is C15H18N2O3S. The molecule has 112 valence electrons. The quantitative estimate of drug-likeness (QED) is 0.607. The van der Waals surface area contributed by atoms with Crippen LogP contribution in [-0.2, 0) is 10.5 Å². The number of rotatable bonds is 7. The van der Waals surface area contributed by atoms with E-state index in [2.05, 4.69) is 5.32 Å². The SMILES string of the molecule is COc1ccc(NC(=O)CCSCc2ccco2)c(N)c1. The predicted octanol–water partition coefficient (Wildman–Crippen LogP) is 3.13. The monoisotopic (exact) mass is 306 g/mol. The van der Waals surface area contributed by atoms with E-state index in [1.807, 2.05) is 12.1 Å². The summed E-state index contributed by atoms with van der Waals surface area (Å²) in [6, 6.07) is 8.96. The zero-order valence-corrected chi connectivity index (χ0v) is 12.6. The van der Waals surface area contributed by atoms with Gasteiger partial charge in [-0.3, -0.25) is 4.79 Å². The number of furan rings is 1. The second kappa shape index (κ2) is 7.64. The highest BCUT2D eigenvalue weighted by atomic mass is 32.2. The number of hydrogen-bond acceptors (Lipinski definition) is 5. The number of thioether (sulfide) groups is 1. The van der Waals surface area contributed by atoms with Crippen molar-refractivity contribution in [2.45, 2.75) is 12.2 Å². The second-order valence-electron chi connectivity index (χ2n) is 4.38. The Kier molecular flexibility index (Phi) is 5.57. The van der Waals surface area contributed by atoms with Crippen LogP contribution < -0.4 is 15.8 Å². The molecule has 6 heteroatoms. The zero-order chi connectivity index (χ0) is 15.1. The Morgan fingerprint density at radius 1 is 1.43 bits per heavy atom. The maximum absolute atomic E-state index is 11.8. The summed E-state index contributed by atoms with van der Waals surface area (Å²) in [5, 5.41) is 2.80. The lowest BCUT2D eigenvalue weighted by Crippen LogP contribution is -2.13. The van der Waals surface area contributed by atoms with Gasteiger partial charge in [0.25, 0.3) is 0 Å². The van der Waals surface area contributed by atoms with Crippen molar-refractivity contribution in [2.75, 3.05) is 23.9 Å². The number of nitrogens with one attached hydrogen (secondary N) is 1. The van der Waals surface area contributed by atoms with Gasteiger partial charge in [-0.1, -0.05) is 0 Å². The summed E-state index contributed by atoms with van der Waals surface area (Å²) in [5.74, 6) is 3.02. The van der Waals surface area contributed by atoms with Gasteiger partial charge in [-0.2, -0.15) is 11.8 Å². The maximum Gasteiger partial charge on any atom is 0.225 e. The summed E-state index contributed by atoms with van der Waals surface area (Å²) in [7, 11) is 1.57. The Morgan fingerprint density at radius 3 is 2.95 bits per heavy atom. The normalized spacial score (nSPS) is 10.3. The lowest BCUT2D eigenvalue weighted by molar-refractivity contribution is -0.115. The Labute approximate surface area is 127 Å². The molecule has 0 fully saturated rings. The number of amides is 1. The number of carbonyl (C=O) groups is 1. The molecule has 3 N–H and O–H groups in total. The van der Waals surface area contributed by atoms with E-state index < -0.39 is 0 Å². The van der Waals surface area contributed by atoms with Crippen LogP contribution >= 0.6 is 11.8 Å². The summed E-state index contributed by atoms with van der Waals surface area (Å²) < 4.78 is 10.3. The fraction of sp³-hybridized carbons (Fsp3) is 0.267. The molecule has 0 aliphatic heterocycles. The third-order valence-electron chi connectivity index (χ3n) is 2.83. The minimum atomic E-state index is -0.0567. The van der Waals surface area contributed by atoms with Crippen LogP contribution in [-0.4, -0.2) is 18.8 Å². The van der Waals surface area contributed by atoms with Gasteiger partial charge in [0.1, 0.15) is 11.5 Å². The molecule has 2 aromatic rings. The molecule has 0 radical (unpaired) electrons. The molecule has 2 rings (SSSR count). The first-order valence-electron chi connectivity index (χ1n) is 6.52. The Hall–Kier alpha value is -2.08.